The van der Waals surface area contributed by atoms with E-state index in [2.05, 4.69) is 6.07 Å². The lowest BCUT2D eigenvalue weighted by Crippen LogP contribution is -1.72. The second kappa shape index (κ2) is 2.43. The molecular formula is C6H4IO2. The summed E-state index contributed by atoms with van der Waals surface area (Å²) in [5.74, 6) is -0.292. The molecule has 2 nitrogen and oxygen atoms in total. The summed E-state index contributed by atoms with van der Waals surface area (Å²) in [5.41, 5.74) is 0. The van der Waals surface area contributed by atoms with Gasteiger partial charge >= 0.3 is 0 Å². The van der Waals surface area contributed by atoms with Crippen molar-refractivity contribution in [2.24, 2.45) is 0 Å². The van der Waals surface area contributed by atoms with Crippen LogP contribution in [-0.2, 0) is 0 Å². The maximum absolute atomic E-state index is 8.92. The molecule has 0 unspecified atom stereocenters. The molecule has 1 aromatic rings. The Hall–Kier alpha value is -0.450. The third kappa shape index (κ3) is 1.27. The Kier molecular flexibility index (Phi) is 1.80. The molecule has 0 aliphatic rings. The molecule has 0 aliphatic heterocycles. The maximum Gasteiger partial charge on any atom is 0.171 e. The largest absolute Gasteiger partial charge is 0.504 e. The molecule has 3 heteroatoms. The Bertz CT molecular complexity index is 202. The average Bonchev–Trinajstić information content (AvgIpc) is 1.83. The number of hydrogen-bond donors (Lipinski definition) is 2. The molecule has 2 N–H and O–H groups in total. The second-order valence-corrected chi connectivity index (χ2v) is 2.69. The van der Waals surface area contributed by atoms with Crippen molar-refractivity contribution >= 4 is 22.6 Å². The molecule has 1 rings (SSSR count). The predicted octanol–water partition coefficient (Wildman–Crippen LogP) is 1.50. The van der Waals surface area contributed by atoms with Gasteiger partial charge in [0, 0.05) is 6.07 Å². The van der Waals surface area contributed by atoms with Gasteiger partial charge in [-0.2, -0.15) is 0 Å². The summed E-state index contributed by atoms with van der Waals surface area (Å²) in [6.07, 6.45) is 0. The summed E-state index contributed by atoms with van der Waals surface area (Å²) in [7, 11) is 0. The Labute approximate surface area is 66.3 Å². The number of hydrogen-bond acceptors (Lipinski definition) is 2. The monoisotopic (exact) mass is 235 g/mol. The quantitative estimate of drug-likeness (QED) is 0.528. The van der Waals surface area contributed by atoms with Crippen molar-refractivity contribution < 1.29 is 10.2 Å². The van der Waals surface area contributed by atoms with Crippen LogP contribution in [-0.4, -0.2) is 10.2 Å². The van der Waals surface area contributed by atoms with E-state index >= 15 is 0 Å². The van der Waals surface area contributed by atoms with Crippen molar-refractivity contribution in [1.82, 2.24) is 0 Å². The van der Waals surface area contributed by atoms with Crippen LogP contribution in [0.1, 0.15) is 0 Å². The van der Waals surface area contributed by atoms with Crippen molar-refractivity contribution in [1.29, 1.82) is 0 Å². The summed E-state index contributed by atoms with van der Waals surface area (Å²) in [6.45, 7) is 0. The third-order valence-electron chi connectivity index (χ3n) is 0.900. The lowest BCUT2D eigenvalue weighted by Gasteiger charge is -1.95. The van der Waals surface area contributed by atoms with E-state index in [1.54, 1.807) is 12.1 Å². The number of halogens is 1. The molecule has 0 bridgehead atoms. The fourth-order valence-electron chi connectivity index (χ4n) is 0.454. The highest BCUT2D eigenvalue weighted by atomic mass is 127. The summed E-state index contributed by atoms with van der Waals surface area (Å²) < 4.78 is 0.629. The first kappa shape index (κ1) is 6.67. The zero-order valence-electron chi connectivity index (χ0n) is 4.43. The average molecular weight is 235 g/mol. The van der Waals surface area contributed by atoms with Gasteiger partial charge in [-0.15, -0.1) is 0 Å². The van der Waals surface area contributed by atoms with Crippen LogP contribution in [0.3, 0.4) is 0 Å². The topological polar surface area (TPSA) is 40.5 Å². The van der Waals surface area contributed by atoms with Crippen molar-refractivity contribution in [2.75, 3.05) is 0 Å². The summed E-state index contributed by atoms with van der Waals surface area (Å²) in [6, 6.07) is 5.66. The second-order valence-electron chi connectivity index (χ2n) is 1.52. The van der Waals surface area contributed by atoms with E-state index in [9.17, 15) is 0 Å². The number of phenolic OH excluding ortho intramolecular Hbond substituents is 2. The minimum atomic E-state index is -0.193. The molecule has 0 saturated carbocycles. The Morgan fingerprint density at radius 1 is 1.44 bits per heavy atom. The molecule has 0 aliphatic carbocycles. The highest BCUT2D eigenvalue weighted by molar-refractivity contribution is 14.1. The lowest BCUT2D eigenvalue weighted by atomic mass is 10.3. The van der Waals surface area contributed by atoms with Crippen molar-refractivity contribution in [3.63, 3.8) is 0 Å². The van der Waals surface area contributed by atoms with Crippen LogP contribution in [0.4, 0.5) is 0 Å². The molecule has 1 radical (unpaired) electrons. The predicted molar refractivity (Wildman–Crippen MR) is 41.3 cm³/mol. The fourth-order valence-corrected chi connectivity index (χ4v) is 0.889. The molecule has 1 aromatic carbocycles. The zero-order valence-corrected chi connectivity index (χ0v) is 6.58. The van der Waals surface area contributed by atoms with E-state index in [1.807, 2.05) is 22.6 Å². The zero-order chi connectivity index (χ0) is 6.85. The summed E-state index contributed by atoms with van der Waals surface area (Å²) in [4.78, 5) is 0. The molecule has 9 heavy (non-hydrogen) atoms. The summed E-state index contributed by atoms with van der Waals surface area (Å²) in [5, 5.41) is 17.7. The van der Waals surface area contributed by atoms with Gasteiger partial charge < -0.3 is 10.2 Å². The van der Waals surface area contributed by atoms with Gasteiger partial charge in [-0.3, -0.25) is 0 Å². The third-order valence-corrected chi connectivity index (χ3v) is 1.77. The molecule has 47 valence electrons. The van der Waals surface area contributed by atoms with Gasteiger partial charge in [-0.25, -0.2) is 0 Å². The van der Waals surface area contributed by atoms with Gasteiger partial charge in [0.1, 0.15) is 0 Å². The van der Waals surface area contributed by atoms with Crippen LogP contribution in [0.15, 0.2) is 12.1 Å². The van der Waals surface area contributed by atoms with Crippen LogP contribution in [0.25, 0.3) is 0 Å². The van der Waals surface area contributed by atoms with E-state index in [0.717, 1.165) is 0 Å². The van der Waals surface area contributed by atoms with E-state index < -0.39 is 0 Å². The highest BCUT2D eigenvalue weighted by Gasteiger charge is 2.00. The highest BCUT2D eigenvalue weighted by Crippen LogP contribution is 2.28. The fraction of sp³-hybridized carbons (Fsp3) is 0. The maximum atomic E-state index is 8.92. The van der Waals surface area contributed by atoms with Crippen LogP contribution < -0.4 is 0 Å². The molecule has 0 saturated heterocycles. The minimum absolute atomic E-state index is 0.0990. The first-order valence-corrected chi connectivity index (χ1v) is 3.38. The molecule has 0 spiro atoms. The van der Waals surface area contributed by atoms with Crippen LogP contribution in [0, 0.1) is 9.64 Å². The summed E-state index contributed by atoms with van der Waals surface area (Å²) >= 11 is 1.92. The molecule has 0 heterocycles. The molecule has 0 amide bonds. The SMILES string of the molecule is Oc1[c]ccc(I)c1O. The normalized spacial score (nSPS) is 9.44. The number of rotatable bonds is 0. The first-order valence-electron chi connectivity index (χ1n) is 2.30. The van der Waals surface area contributed by atoms with E-state index in [4.69, 9.17) is 10.2 Å². The molecule has 0 atom stereocenters. The first-order chi connectivity index (χ1) is 4.22. The Balaban J connectivity index is 3.25. The number of phenols is 2. The van der Waals surface area contributed by atoms with E-state index in [0.29, 0.717) is 3.57 Å². The smallest absolute Gasteiger partial charge is 0.171 e. The number of aromatic hydroxyl groups is 2. The van der Waals surface area contributed by atoms with Crippen LogP contribution in [0.2, 0.25) is 0 Å². The Morgan fingerprint density at radius 3 is 2.56 bits per heavy atom. The van der Waals surface area contributed by atoms with E-state index in [-0.39, 0.29) is 11.5 Å². The van der Waals surface area contributed by atoms with Crippen molar-refractivity contribution in [3.8, 4) is 11.5 Å². The van der Waals surface area contributed by atoms with Crippen LogP contribution in [0.5, 0.6) is 11.5 Å². The van der Waals surface area contributed by atoms with Gasteiger partial charge in [-0.05, 0) is 34.7 Å². The van der Waals surface area contributed by atoms with Gasteiger partial charge in [0.25, 0.3) is 0 Å². The van der Waals surface area contributed by atoms with Gasteiger partial charge in [0.05, 0.1) is 3.57 Å². The van der Waals surface area contributed by atoms with Crippen molar-refractivity contribution in [3.05, 3.63) is 21.8 Å². The molecule has 0 aromatic heterocycles. The van der Waals surface area contributed by atoms with E-state index in [1.165, 1.54) is 0 Å². The molecular weight excluding hydrogens is 231 g/mol. The number of benzene rings is 1. The van der Waals surface area contributed by atoms with Crippen LogP contribution >= 0.6 is 22.6 Å². The van der Waals surface area contributed by atoms with Gasteiger partial charge in [0.15, 0.2) is 11.5 Å². The van der Waals surface area contributed by atoms with Gasteiger partial charge in [-0.1, -0.05) is 0 Å². The van der Waals surface area contributed by atoms with Gasteiger partial charge in [0.2, 0.25) is 0 Å². The standard InChI is InChI=1S/C6H4IO2/c7-4-2-1-3-5(8)6(4)9/h1-2,8-9H. The Morgan fingerprint density at radius 2 is 2.11 bits per heavy atom. The lowest BCUT2D eigenvalue weighted by molar-refractivity contribution is 0.400. The van der Waals surface area contributed by atoms with Crippen molar-refractivity contribution in [2.45, 2.75) is 0 Å². The minimum Gasteiger partial charge on any atom is -0.504 e. The molecule has 0 fully saturated rings.